The van der Waals surface area contributed by atoms with E-state index in [0.717, 1.165) is 32.3 Å². The Morgan fingerprint density at radius 1 is 1.00 bits per heavy atom. The number of nitrogens with two attached hydrogens (primary N) is 1. The van der Waals surface area contributed by atoms with E-state index in [1.165, 1.54) is 44.9 Å². The quantitative estimate of drug-likeness (QED) is 0.854. The molecular formula is C16H29NO2. The molecule has 3 heteroatoms. The summed E-state index contributed by atoms with van der Waals surface area (Å²) in [6, 6.07) is 0. The fraction of sp³-hybridized carbons (Fsp3) is 1.00. The van der Waals surface area contributed by atoms with E-state index in [1.54, 1.807) is 0 Å². The summed E-state index contributed by atoms with van der Waals surface area (Å²) >= 11 is 0. The predicted molar refractivity (Wildman–Crippen MR) is 76.1 cm³/mol. The van der Waals surface area contributed by atoms with Crippen LogP contribution in [0.15, 0.2) is 0 Å². The summed E-state index contributed by atoms with van der Waals surface area (Å²) in [5.41, 5.74) is 6.15. The average Bonchev–Trinajstić information content (AvgIpc) is 2.89. The van der Waals surface area contributed by atoms with Crippen LogP contribution in [0.5, 0.6) is 0 Å². The molecule has 110 valence electrons. The third kappa shape index (κ3) is 2.98. The van der Waals surface area contributed by atoms with E-state index in [9.17, 15) is 0 Å². The minimum absolute atomic E-state index is 0.00212. The molecule has 1 heterocycles. The lowest BCUT2D eigenvalue weighted by Crippen LogP contribution is -2.48. The Kier molecular flexibility index (Phi) is 4.16. The molecule has 2 N–H and O–H groups in total. The Morgan fingerprint density at radius 2 is 1.68 bits per heavy atom. The molecule has 2 aliphatic carbocycles. The van der Waals surface area contributed by atoms with Crippen LogP contribution in [0.1, 0.15) is 70.6 Å². The molecule has 1 spiro atoms. The van der Waals surface area contributed by atoms with Crippen molar-refractivity contribution in [2.75, 3.05) is 13.2 Å². The van der Waals surface area contributed by atoms with Crippen molar-refractivity contribution >= 4 is 0 Å². The molecule has 3 rings (SSSR count). The van der Waals surface area contributed by atoms with Crippen molar-refractivity contribution in [3.63, 3.8) is 0 Å². The second kappa shape index (κ2) is 5.71. The summed E-state index contributed by atoms with van der Waals surface area (Å²) < 4.78 is 12.7. The third-order valence-electron chi connectivity index (χ3n) is 5.52. The molecule has 3 nitrogen and oxygen atoms in total. The van der Waals surface area contributed by atoms with Crippen LogP contribution in [-0.4, -0.2) is 30.5 Å². The average molecular weight is 267 g/mol. The van der Waals surface area contributed by atoms with Crippen molar-refractivity contribution in [3.05, 3.63) is 0 Å². The Hall–Kier alpha value is -0.120. The molecule has 0 aromatic carbocycles. The van der Waals surface area contributed by atoms with Gasteiger partial charge in [-0.25, -0.2) is 0 Å². The summed E-state index contributed by atoms with van der Waals surface area (Å²) in [5, 5.41) is 0. The zero-order valence-corrected chi connectivity index (χ0v) is 12.2. The first kappa shape index (κ1) is 13.8. The van der Waals surface area contributed by atoms with E-state index in [4.69, 9.17) is 15.2 Å². The molecule has 19 heavy (non-hydrogen) atoms. The van der Waals surface area contributed by atoms with Crippen LogP contribution in [0, 0.1) is 0 Å². The van der Waals surface area contributed by atoms with Crippen LogP contribution in [0.3, 0.4) is 0 Å². The lowest BCUT2D eigenvalue weighted by atomic mass is 9.79. The molecule has 0 amide bonds. The van der Waals surface area contributed by atoms with Gasteiger partial charge < -0.3 is 15.2 Å². The first-order valence-electron chi connectivity index (χ1n) is 8.28. The SMILES string of the molecule is NCC1(OC2CCOC3(CCCCC3)C2)CCCC1. The Balaban J connectivity index is 1.61. The van der Waals surface area contributed by atoms with Gasteiger partial charge in [-0.1, -0.05) is 32.1 Å². The van der Waals surface area contributed by atoms with E-state index in [-0.39, 0.29) is 11.2 Å². The molecular weight excluding hydrogens is 238 g/mol. The van der Waals surface area contributed by atoms with Crippen LogP contribution in [-0.2, 0) is 9.47 Å². The fourth-order valence-corrected chi connectivity index (χ4v) is 4.37. The van der Waals surface area contributed by atoms with E-state index >= 15 is 0 Å². The summed E-state index contributed by atoms with van der Waals surface area (Å²) in [4.78, 5) is 0. The molecule has 2 saturated carbocycles. The van der Waals surface area contributed by atoms with Crippen LogP contribution in [0.25, 0.3) is 0 Å². The van der Waals surface area contributed by atoms with Crippen LogP contribution in [0.2, 0.25) is 0 Å². The maximum Gasteiger partial charge on any atom is 0.0807 e. The summed E-state index contributed by atoms with van der Waals surface area (Å²) in [6.45, 7) is 1.57. The first-order valence-corrected chi connectivity index (χ1v) is 8.28. The molecule has 0 aromatic heterocycles. The second-order valence-corrected chi connectivity index (χ2v) is 6.92. The standard InChI is InChI=1S/C16H29NO2/c17-13-16(9-4-5-10-16)19-14-6-11-18-15(12-14)7-2-1-3-8-15/h14H,1-13,17H2. The molecule has 3 aliphatic rings. The Morgan fingerprint density at radius 3 is 2.37 bits per heavy atom. The van der Waals surface area contributed by atoms with Crippen molar-refractivity contribution in [2.24, 2.45) is 5.73 Å². The lowest BCUT2D eigenvalue weighted by Gasteiger charge is -2.45. The van der Waals surface area contributed by atoms with E-state index < -0.39 is 0 Å². The number of ether oxygens (including phenoxy) is 2. The summed E-state index contributed by atoms with van der Waals surface area (Å²) in [7, 11) is 0. The van der Waals surface area contributed by atoms with Crippen molar-refractivity contribution in [1.29, 1.82) is 0 Å². The van der Waals surface area contributed by atoms with Gasteiger partial charge in [0.15, 0.2) is 0 Å². The number of hydrogen-bond acceptors (Lipinski definition) is 3. The van der Waals surface area contributed by atoms with Gasteiger partial charge in [0, 0.05) is 19.6 Å². The first-order chi connectivity index (χ1) is 9.26. The van der Waals surface area contributed by atoms with E-state index in [2.05, 4.69) is 0 Å². The highest BCUT2D eigenvalue weighted by atomic mass is 16.5. The Labute approximate surface area is 117 Å². The molecule has 3 fully saturated rings. The molecule has 0 bridgehead atoms. The van der Waals surface area contributed by atoms with Crippen LogP contribution in [0.4, 0.5) is 0 Å². The molecule has 0 aromatic rings. The third-order valence-corrected chi connectivity index (χ3v) is 5.52. The molecule has 1 saturated heterocycles. The van der Waals surface area contributed by atoms with Crippen molar-refractivity contribution < 1.29 is 9.47 Å². The Bertz CT molecular complexity index is 288. The molecule has 0 radical (unpaired) electrons. The maximum atomic E-state index is 6.51. The van der Waals surface area contributed by atoms with Gasteiger partial charge in [0.25, 0.3) is 0 Å². The highest BCUT2D eigenvalue weighted by Gasteiger charge is 2.42. The monoisotopic (exact) mass is 267 g/mol. The highest BCUT2D eigenvalue weighted by molar-refractivity contribution is 4.94. The van der Waals surface area contributed by atoms with Gasteiger partial charge in [0.1, 0.15) is 0 Å². The van der Waals surface area contributed by atoms with E-state index in [1.807, 2.05) is 0 Å². The summed E-state index contributed by atoms with van der Waals surface area (Å²) in [6.07, 6.45) is 13.9. The smallest absolute Gasteiger partial charge is 0.0807 e. The molecule has 1 unspecified atom stereocenters. The van der Waals surface area contributed by atoms with Crippen LogP contribution >= 0.6 is 0 Å². The minimum Gasteiger partial charge on any atom is -0.375 e. The van der Waals surface area contributed by atoms with Gasteiger partial charge in [-0.2, -0.15) is 0 Å². The normalized spacial score (nSPS) is 33.6. The predicted octanol–water partition coefficient (Wildman–Crippen LogP) is 3.16. The fourth-order valence-electron chi connectivity index (χ4n) is 4.37. The number of hydrogen-bond donors (Lipinski definition) is 1. The minimum atomic E-state index is -0.00212. The van der Waals surface area contributed by atoms with Gasteiger partial charge in [-0.05, 0) is 32.1 Å². The zero-order chi connectivity index (χ0) is 13.2. The van der Waals surface area contributed by atoms with E-state index in [0.29, 0.717) is 12.6 Å². The zero-order valence-electron chi connectivity index (χ0n) is 12.2. The van der Waals surface area contributed by atoms with Crippen molar-refractivity contribution in [3.8, 4) is 0 Å². The van der Waals surface area contributed by atoms with Crippen LogP contribution < -0.4 is 5.73 Å². The topological polar surface area (TPSA) is 44.5 Å². The van der Waals surface area contributed by atoms with Crippen molar-refractivity contribution in [1.82, 2.24) is 0 Å². The lowest BCUT2D eigenvalue weighted by molar-refractivity contribution is -0.180. The molecule has 1 atom stereocenters. The highest BCUT2D eigenvalue weighted by Crippen LogP contribution is 2.42. The van der Waals surface area contributed by atoms with Crippen molar-refractivity contribution in [2.45, 2.75) is 87.9 Å². The van der Waals surface area contributed by atoms with Gasteiger partial charge in [-0.3, -0.25) is 0 Å². The maximum absolute atomic E-state index is 6.51. The number of rotatable bonds is 3. The van der Waals surface area contributed by atoms with Gasteiger partial charge >= 0.3 is 0 Å². The van der Waals surface area contributed by atoms with Gasteiger partial charge in [-0.15, -0.1) is 0 Å². The summed E-state index contributed by atoms with van der Waals surface area (Å²) in [5.74, 6) is 0. The molecule has 1 aliphatic heterocycles. The second-order valence-electron chi connectivity index (χ2n) is 6.92. The largest absolute Gasteiger partial charge is 0.375 e. The van der Waals surface area contributed by atoms with Gasteiger partial charge in [0.05, 0.1) is 17.3 Å². The van der Waals surface area contributed by atoms with Gasteiger partial charge in [0.2, 0.25) is 0 Å².